The summed E-state index contributed by atoms with van der Waals surface area (Å²) in [5, 5.41) is 4.65. The smallest absolute Gasteiger partial charge is 0.255 e. The van der Waals surface area contributed by atoms with Crippen molar-refractivity contribution in [2.75, 3.05) is 7.11 Å². The molecule has 0 unspecified atom stereocenters. The molecule has 0 bridgehead atoms. The summed E-state index contributed by atoms with van der Waals surface area (Å²) in [6.45, 7) is 0. The zero-order chi connectivity index (χ0) is 9.19. The molecule has 1 rings (SSSR count). The van der Waals surface area contributed by atoms with Gasteiger partial charge in [0, 0.05) is 0 Å². The highest BCUT2D eigenvalue weighted by molar-refractivity contribution is 7.89. The van der Waals surface area contributed by atoms with Gasteiger partial charge in [-0.25, -0.2) is 18.5 Å². The maximum Gasteiger partial charge on any atom is 0.255 e. The summed E-state index contributed by atoms with van der Waals surface area (Å²) in [7, 11) is -2.23. The van der Waals surface area contributed by atoms with Gasteiger partial charge in [0.2, 0.25) is 0 Å². The van der Waals surface area contributed by atoms with Crippen molar-refractivity contribution in [3.63, 3.8) is 0 Å². The summed E-state index contributed by atoms with van der Waals surface area (Å²) in [5.41, 5.74) is 0. The highest BCUT2D eigenvalue weighted by atomic mass is 32.2. The summed E-state index contributed by atoms with van der Waals surface area (Å²) in [6.07, 6.45) is 1.29. The Kier molecular flexibility index (Phi) is 2.30. The number of methoxy groups -OCH3 is 1. The predicted molar refractivity (Wildman–Crippen MR) is 42.2 cm³/mol. The van der Waals surface area contributed by atoms with Crippen molar-refractivity contribution < 1.29 is 13.2 Å². The molecule has 0 amide bonds. The third-order valence-electron chi connectivity index (χ3n) is 1.24. The lowest BCUT2D eigenvalue weighted by atomic mass is 10.5. The molecule has 0 atom stereocenters. The molecule has 0 fully saturated rings. The van der Waals surface area contributed by atoms with Crippen LogP contribution in [0.1, 0.15) is 0 Å². The van der Waals surface area contributed by atoms with E-state index in [9.17, 15) is 8.42 Å². The van der Waals surface area contributed by atoms with Crippen LogP contribution in [0.3, 0.4) is 0 Å². The minimum Gasteiger partial charge on any atom is -0.495 e. The Morgan fingerprint density at radius 1 is 1.50 bits per heavy atom. The maximum absolute atomic E-state index is 10.7. The number of aromatic nitrogens is 1. The van der Waals surface area contributed by atoms with E-state index in [4.69, 9.17) is 9.88 Å². The molecule has 5 nitrogen and oxygen atoms in total. The molecule has 1 heterocycles. The second kappa shape index (κ2) is 3.08. The SMILES string of the molecule is COc1ccc(S(N)(=O)=O)nc1. The lowest BCUT2D eigenvalue weighted by Crippen LogP contribution is -2.13. The van der Waals surface area contributed by atoms with Crippen LogP contribution >= 0.6 is 0 Å². The molecule has 0 aromatic carbocycles. The Labute approximate surface area is 70.2 Å². The molecule has 1 aromatic heterocycles. The average Bonchev–Trinajstić information content (AvgIpc) is 2.03. The van der Waals surface area contributed by atoms with Crippen molar-refractivity contribution in [3.8, 4) is 5.75 Å². The number of hydrogen-bond donors (Lipinski definition) is 1. The highest BCUT2D eigenvalue weighted by Gasteiger charge is 2.08. The number of ether oxygens (including phenoxy) is 1. The van der Waals surface area contributed by atoms with E-state index in [0.717, 1.165) is 0 Å². The van der Waals surface area contributed by atoms with E-state index < -0.39 is 10.0 Å². The first kappa shape index (κ1) is 8.95. The lowest BCUT2D eigenvalue weighted by molar-refractivity contribution is 0.412. The van der Waals surface area contributed by atoms with Crippen LogP contribution < -0.4 is 9.88 Å². The maximum atomic E-state index is 10.7. The van der Waals surface area contributed by atoms with Gasteiger partial charge in [0.1, 0.15) is 5.75 Å². The van der Waals surface area contributed by atoms with Crippen LogP contribution in [0.15, 0.2) is 23.4 Å². The van der Waals surface area contributed by atoms with Gasteiger partial charge in [-0.3, -0.25) is 0 Å². The average molecular weight is 188 g/mol. The second-order valence-corrected chi connectivity index (χ2v) is 3.59. The molecule has 0 saturated heterocycles. The van der Waals surface area contributed by atoms with Crippen molar-refractivity contribution >= 4 is 10.0 Å². The number of rotatable bonds is 2. The van der Waals surface area contributed by atoms with Crippen molar-refractivity contribution in [1.82, 2.24) is 4.98 Å². The van der Waals surface area contributed by atoms with Crippen LogP contribution in [0.25, 0.3) is 0 Å². The number of primary sulfonamides is 1. The van der Waals surface area contributed by atoms with E-state index in [0.29, 0.717) is 5.75 Å². The van der Waals surface area contributed by atoms with Crippen LogP contribution in [0.2, 0.25) is 0 Å². The van der Waals surface area contributed by atoms with E-state index in [2.05, 4.69) is 4.98 Å². The molecule has 12 heavy (non-hydrogen) atoms. The Morgan fingerprint density at radius 3 is 2.50 bits per heavy atom. The summed E-state index contributed by atoms with van der Waals surface area (Å²) in [5.74, 6) is 0.488. The predicted octanol–water partition coefficient (Wildman–Crippen LogP) is -0.262. The molecule has 0 aliphatic heterocycles. The molecule has 66 valence electrons. The highest BCUT2D eigenvalue weighted by Crippen LogP contribution is 2.09. The number of nitrogens with two attached hydrogens (primary N) is 1. The zero-order valence-electron chi connectivity index (χ0n) is 6.39. The second-order valence-electron chi connectivity index (χ2n) is 2.08. The first-order valence-corrected chi connectivity index (χ1v) is 4.61. The molecule has 1 aromatic rings. The Hall–Kier alpha value is -1.14. The monoisotopic (exact) mass is 188 g/mol. The van der Waals surface area contributed by atoms with E-state index >= 15 is 0 Å². The fourth-order valence-electron chi connectivity index (χ4n) is 0.656. The van der Waals surface area contributed by atoms with Gasteiger partial charge in [-0.2, -0.15) is 0 Å². The standard InChI is InChI=1S/C6H8N2O3S/c1-11-5-2-3-6(8-4-5)12(7,9)10/h2-4H,1H3,(H2,7,9,10). The van der Waals surface area contributed by atoms with Gasteiger partial charge in [-0.15, -0.1) is 0 Å². The topological polar surface area (TPSA) is 82.3 Å². The minimum absolute atomic E-state index is 0.164. The van der Waals surface area contributed by atoms with Gasteiger partial charge in [-0.1, -0.05) is 0 Å². The van der Waals surface area contributed by atoms with Crippen molar-refractivity contribution in [2.24, 2.45) is 5.14 Å². The fraction of sp³-hybridized carbons (Fsp3) is 0.167. The number of sulfonamides is 1. The normalized spacial score (nSPS) is 11.2. The molecule has 0 radical (unpaired) electrons. The molecule has 0 aliphatic carbocycles. The Balaban J connectivity index is 3.09. The van der Waals surface area contributed by atoms with Crippen molar-refractivity contribution in [2.45, 2.75) is 5.03 Å². The third kappa shape index (κ3) is 1.93. The number of pyridine rings is 1. The van der Waals surface area contributed by atoms with Crippen LogP contribution in [0.5, 0.6) is 5.75 Å². The summed E-state index contributed by atoms with van der Waals surface area (Å²) < 4.78 is 26.2. The summed E-state index contributed by atoms with van der Waals surface area (Å²) >= 11 is 0. The molecule has 0 saturated carbocycles. The van der Waals surface area contributed by atoms with E-state index in [1.54, 1.807) is 0 Å². The van der Waals surface area contributed by atoms with E-state index in [1.807, 2.05) is 0 Å². The van der Waals surface area contributed by atoms with Crippen LogP contribution in [0.4, 0.5) is 0 Å². The molecular formula is C6H8N2O3S. The van der Waals surface area contributed by atoms with Crippen molar-refractivity contribution in [3.05, 3.63) is 18.3 Å². The van der Waals surface area contributed by atoms with Crippen LogP contribution in [-0.2, 0) is 10.0 Å². The van der Waals surface area contributed by atoms with E-state index in [-0.39, 0.29) is 5.03 Å². The summed E-state index contributed by atoms with van der Waals surface area (Å²) in [4.78, 5) is 3.58. The van der Waals surface area contributed by atoms with Gasteiger partial charge in [0.05, 0.1) is 13.3 Å². The molecule has 6 heteroatoms. The van der Waals surface area contributed by atoms with Crippen LogP contribution in [0, 0.1) is 0 Å². The van der Waals surface area contributed by atoms with Gasteiger partial charge < -0.3 is 4.74 Å². The summed E-state index contributed by atoms with van der Waals surface area (Å²) in [6, 6.07) is 2.76. The molecule has 0 aliphatic rings. The van der Waals surface area contributed by atoms with Gasteiger partial charge >= 0.3 is 0 Å². The van der Waals surface area contributed by atoms with Gasteiger partial charge in [0.25, 0.3) is 10.0 Å². The first-order valence-electron chi connectivity index (χ1n) is 3.07. The third-order valence-corrected chi connectivity index (χ3v) is 2.06. The first-order chi connectivity index (χ1) is 5.54. The molecule has 0 spiro atoms. The number of hydrogen-bond acceptors (Lipinski definition) is 4. The van der Waals surface area contributed by atoms with E-state index in [1.165, 1.54) is 25.4 Å². The Morgan fingerprint density at radius 2 is 2.17 bits per heavy atom. The van der Waals surface area contributed by atoms with Gasteiger partial charge in [0.15, 0.2) is 5.03 Å². The number of nitrogens with zero attached hydrogens (tertiary/aromatic N) is 1. The van der Waals surface area contributed by atoms with Crippen LogP contribution in [-0.4, -0.2) is 20.5 Å². The molecular weight excluding hydrogens is 180 g/mol. The minimum atomic E-state index is -3.69. The zero-order valence-corrected chi connectivity index (χ0v) is 7.21. The van der Waals surface area contributed by atoms with Gasteiger partial charge in [-0.05, 0) is 12.1 Å². The van der Waals surface area contributed by atoms with Crippen molar-refractivity contribution in [1.29, 1.82) is 0 Å². The Bertz CT molecular complexity index is 357. The lowest BCUT2D eigenvalue weighted by Gasteiger charge is -1.99. The fourth-order valence-corrected chi connectivity index (χ4v) is 1.11. The quantitative estimate of drug-likeness (QED) is 0.693. The molecule has 2 N–H and O–H groups in total. The largest absolute Gasteiger partial charge is 0.495 e.